The highest BCUT2D eigenvalue weighted by atomic mass is 35.5. The second-order valence-electron chi connectivity index (χ2n) is 6.92. The number of nitrogens with one attached hydrogen (secondary N) is 1. The largest absolute Gasteiger partial charge is 0.496 e. The molecule has 0 saturated carbocycles. The molecular formula is C18H31ClN2O3. The highest BCUT2D eigenvalue weighted by Crippen LogP contribution is 2.46. The smallest absolute Gasteiger partial charge is 0.127 e. The number of ether oxygens (including phenoxy) is 2. The molecule has 1 fully saturated rings. The van der Waals surface area contributed by atoms with Crippen molar-refractivity contribution in [2.75, 3.05) is 47.0 Å². The van der Waals surface area contributed by atoms with Crippen LogP contribution in [0.15, 0.2) is 12.1 Å². The molecule has 0 spiro atoms. The molecule has 1 atom stereocenters. The highest BCUT2D eigenvalue weighted by Gasteiger charge is 2.39. The first-order chi connectivity index (χ1) is 10.9. The van der Waals surface area contributed by atoms with Crippen molar-refractivity contribution in [1.82, 2.24) is 10.2 Å². The molecule has 5 nitrogen and oxygen atoms in total. The molecule has 0 amide bonds. The number of methoxy groups -OCH3 is 2. The monoisotopic (exact) mass is 358 g/mol. The van der Waals surface area contributed by atoms with Gasteiger partial charge in [0.05, 0.1) is 19.8 Å². The van der Waals surface area contributed by atoms with Gasteiger partial charge in [0.25, 0.3) is 0 Å². The fourth-order valence-electron chi connectivity index (χ4n) is 3.43. The van der Waals surface area contributed by atoms with Gasteiger partial charge in [-0.1, -0.05) is 13.8 Å². The topological polar surface area (TPSA) is 54.0 Å². The number of rotatable bonds is 6. The van der Waals surface area contributed by atoms with Crippen LogP contribution in [0.5, 0.6) is 11.5 Å². The number of benzene rings is 1. The highest BCUT2D eigenvalue weighted by molar-refractivity contribution is 5.85. The van der Waals surface area contributed by atoms with Crippen LogP contribution in [0.4, 0.5) is 0 Å². The Morgan fingerprint density at radius 3 is 2.08 bits per heavy atom. The maximum Gasteiger partial charge on any atom is 0.127 e. The first-order valence-electron chi connectivity index (χ1n) is 8.22. The molecule has 1 aliphatic rings. The van der Waals surface area contributed by atoms with Crippen LogP contribution in [0.2, 0.25) is 0 Å². The molecule has 0 aromatic heterocycles. The molecule has 24 heavy (non-hydrogen) atoms. The number of nitrogens with zero attached hydrogens (tertiary/aromatic N) is 1. The van der Waals surface area contributed by atoms with Crippen molar-refractivity contribution in [2.45, 2.75) is 26.8 Å². The van der Waals surface area contributed by atoms with Gasteiger partial charge in [0.2, 0.25) is 0 Å². The van der Waals surface area contributed by atoms with E-state index in [1.165, 1.54) is 0 Å². The molecule has 0 radical (unpaired) electrons. The van der Waals surface area contributed by atoms with Gasteiger partial charge in [-0.05, 0) is 24.6 Å². The summed E-state index contributed by atoms with van der Waals surface area (Å²) in [5.41, 5.74) is 1.82. The maximum atomic E-state index is 10.0. The van der Waals surface area contributed by atoms with Crippen molar-refractivity contribution in [3.05, 3.63) is 23.3 Å². The molecule has 1 saturated heterocycles. The Labute approximate surface area is 151 Å². The second-order valence-corrected chi connectivity index (χ2v) is 6.92. The second kappa shape index (κ2) is 8.90. The molecule has 0 aliphatic carbocycles. The summed E-state index contributed by atoms with van der Waals surface area (Å²) in [6.45, 7) is 10.1. The fraction of sp³-hybridized carbons (Fsp3) is 0.667. The predicted octanol–water partition coefficient (Wildman–Crippen LogP) is 2.40. The third kappa shape index (κ3) is 4.33. The van der Waals surface area contributed by atoms with E-state index in [0.717, 1.165) is 48.8 Å². The zero-order valence-electron chi connectivity index (χ0n) is 15.4. The van der Waals surface area contributed by atoms with Crippen molar-refractivity contribution in [3.8, 4) is 11.5 Å². The van der Waals surface area contributed by atoms with E-state index in [0.29, 0.717) is 0 Å². The van der Waals surface area contributed by atoms with Crippen molar-refractivity contribution in [3.63, 3.8) is 0 Å². The van der Waals surface area contributed by atoms with Crippen LogP contribution in [0.3, 0.4) is 0 Å². The van der Waals surface area contributed by atoms with Gasteiger partial charge >= 0.3 is 0 Å². The van der Waals surface area contributed by atoms with Gasteiger partial charge < -0.3 is 19.9 Å². The molecule has 1 aliphatic heterocycles. The van der Waals surface area contributed by atoms with E-state index in [1.807, 2.05) is 19.1 Å². The van der Waals surface area contributed by atoms with Crippen molar-refractivity contribution >= 4 is 12.4 Å². The lowest BCUT2D eigenvalue weighted by molar-refractivity contribution is 0.0279. The standard InChI is InChI=1S/C18H30N2O3.ClH/c1-13-10-14(22-4)16(15(11-13)23-5)17(18(2,3)12-21)20-8-6-19-7-9-20;/h10-11,17,19,21H,6-9,12H2,1-5H3;1H/t17-;/m0./s1. The van der Waals surface area contributed by atoms with Gasteiger partial charge in [-0.3, -0.25) is 4.90 Å². The van der Waals surface area contributed by atoms with Crippen molar-refractivity contribution in [2.24, 2.45) is 5.41 Å². The van der Waals surface area contributed by atoms with Crippen LogP contribution in [0.25, 0.3) is 0 Å². The third-order valence-electron chi connectivity index (χ3n) is 4.63. The van der Waals surface area contributed by atoms with E-state index in [9.17, 15) is 5.11 Å². The van der Waals surface area contributed by atoms with Gasteiger partial charge in [0, 0.05) is 44.2 Å². The van der Waals surface area contributed by atoms with Gasteiger partial charge in [-0.15, -0.1) is 12.4 Å². The summed E-state index contributed by atoms with van der Waals surface area (Å²) in [4.78, 5) is 2.42. The van der Waals surface area contributed by atoms with Crippen LogP contribution in [-0.4, -0.2) is 57.0 Å². The molecule has 2 N–H and O–H groups in total. The molecule has 1 heterocycles. The minimum Gasteiger partial charge on any atom is -0.496 e. The summed E-state index contributed by atoms with van der Waals surface area (Å²) in [5.74, 6) is 1.65. The first-order valence-corrected chi connectivity index (χ1v) is 8.22. The summed E-state index contributed by atoms with van der Waals surface area (Å²) >= 11 is 0. The van der Waals surface area contributed by atoms with E-state index in [-0.39, 0.29) is 30.5 Å². The number of aliphatic hydroxyl groups is 1. The number of hydrogen-bond donors (Lipinski definition) is 2. The van der Waals surface area contributed by atoms with Crippen LogP contribution >= 0.6 is 12.4 Å². The molecule has 138 valence electrons. The van der Waals surface area contributed by atoms with E-state index < -0.39 is 0 Å². The lowest BCUT2D eigenvalue weighted by atomic mass is 9.78. The molecule has 0 unspecified atom stereocenters. The number of aryl methyl sites for hydroxylation is 1. The molecule has 6 heteroatoms. The Morgan fingerprint density at radius 2 is 1.67 bits per heavy atom. The zero-order valence-corrected chi connectivity index (χ0v) is 16.2. The molecule has 1 aromatic carbocycles. The average molecular weight is 359 g/mol. The Bertz CT molecular complexity index is 506. The van der Waals surface area contributed by atoms with Crippen LogP contribution < -0.4 is 14.8 Å². The lowest BCUT2D eigenvalue weighted by Crippen LogP contribution is -2.49. The summed E-state index contributed by atoms with van der Waals surface area (Å²) in [5, 5.41) is 13.4. The Hall–Kier alpha value is -1.01. The predicted molar refractivity (Wildman–Crippen MR) is 99.6 cm³/mol. The van der Waals surface area contributed by atoms with Gasteiger partial charge in [-0.2, -0.15) is 0 Å². The molecule has 2 rings (SSSR count). The Morgan fingerprint density at radius 1 is 1.17 bits per heavy atom. The normalized spacial score (nSPS) is 17.1. The molecule has 0 bridgehead atoms. The third-order valence-corrected chi connectivity index (χ3v) is 4.63. The summed E-state index contributed by atoms with van der Waals surface area (Å²) in [7, 11) is 3.39. The van der Waals surface area contributed by atoms with Gasteiger partial charge in [0.15, 0.2) is 0 Å². The van der Waals surface area contributed by atoms with Gasteiger partial charge in [0.1, 0.15) is 11.5 Å². The number of hydrogen-bond acceptors (Lipinski definition) is 5. The minimum atomic E-state index is -0.312. The zero-order chi connectivity index (χ0) is 17.0. The van der Waals surface area contributed by atoms with E-state index >= 15 is 0 Å². The van der Waals surface area contributed by atoms with Crippen LogP contribution in [0, 0.1) is 12.3 Å². The fourth-order valence-corrected chi connectivity index (χ4v) is 3.43. The summed E-state index contributed by atoms with van der Waals surface area (Å²) < 4.78 is 11.4. The molecular weight excluding hydrogens is 328 g/mol. The Kier molecular flexibility index (Phi) is 7.80. The van der Waals surface area contributed by atoms with Gasteiger partial charge in [-0.25, -0.2) is 0 Å². The Balaban J connectivity index is 0.00000288. The first kappa shape index (κ1) is 21.0. The number of piperazine rings is 1. The average Bonchev–Trinajstić information content (AvgIpc) is 2.56. The van der Waals surface area contributed by atoms with Crippen molar-refractivity contribution in [1.29, 1.82) is 0 Å². The quantitative estimate of drug-likeness (QED) is 0.817. The van der Waals surface area contributed by atoms with Crippen molar-refractivity contribution < 1.29 is 14.6 Å². The summed E-state index contributed by atoms with van der Waals surface area (Å²) in [6, 6.07) is 4.11. The number of aliphatic hydroxyl groups excluding tert-OH is 1. The van der Waals surface area contributed by atoms with E-state index in [1.54, 1.807) is 14.2 Å². The lowest BCUT2D eigenvalue weighted by Gasteiger charge is -2.44. The summed E-state index contributed by atoms with van der Waals surface area (Å²) in [6.07, 6.45) is 0. The van der Waals surface area contributed by atoms with Crippen LogP contribution in [0.1, 0.15) is 31.0 Å². The van der Waals surface area contributed by atoms with E-state index in [2.05, 4.69) is 24.1 Å². The van der Waals surface area contributed by atoms with Crippen LogP contribution in [-0.2, 0) is 0 Å². The maximum absolute atomic E-state index is 10.0. The SMILES string of the molecule is COc1cc(C)cc(OC)c1[C@H](N1CCNCC1)C(C)(C)CO.Cl. The van der Waals surface area contributed by atoms with E-state index in [4.69, 9.17) is 9.47 Å². The number of halogens is 1. The minimum absolute atomic E-state index is 0. The molecule has 1 aromatic rings.